The Hall–Kier alpha value is -0.950. The molecule has 1 aromatic rings. The second kappa shape index (κ2) is 6.29. The summed E-state index contributed by atoms with van der Waals surface area (Å²) in [7, 11) is 0. The molecule has 1 fully saturated rings. The van der Waals surface area contributed by atoms with Crippen molar-refractivity contribution in [1.29, 1.82) is 0 Å². The molecule has 1 aliphatic rings. The van der Waals surface area contributed by atoms with Gasteiger partial charge in [0.1, 0.15) is 0 Å². The van der Waals surface area contributed by atoms with Crippen LogP contribution in [0.2, 0.25) is 0 Å². The molecule has 3 N–H and O–H groups in total. The standard InChI is InChI=1S/C12H19N3O2S/c1-2-9-8-17-6-5-15(9)7-10-3-4-11(18-10)12(16)14-13/h3-4,9H,2,5-8,13H2,1H3,(H,14,16). The number of carbonyl (C=O) groups excluding carboxylic acids is 1. The molecule has 18 heavy (non-hydrogen) atoms. The van der Waals surface area contributed by atoms with Crippen LogP contribution >= 0.6 is 11.3 Å². The Bertz CT molecular complexity index is 408. The predicted molar refractivity (Wildman–Crippen MR) is 71.3 cm³/mol. The molecule has 0 radical (unpaired) electrons. The van der Waals surface area contributed by atoms with E-state index >= 15 is 0 Å². The summed E-state index contributed by atoms with van der Waals surface area (Å²) in [5, 5.41) is 0. The van der Waals surface area contributed by atoms with Gasteiger partial charge in [-0.25, -0.2) is 5.84 Å². The Morgan fingerprint density at radius 2 is 2.50 bits per heavy atom. The van der Waals surface area contributed by atoms with E-state index < -0.39 is 0 Å². The lowest BCUT2D eigenvalue weighted by atomic mass is 10.2. The number of hydrazine groups is 1. The smallest absolute Gasteiger partial charge is 0.275 e. The Kier molecular flexibility index (Phi) is 4.71. The summed E-state index contributed by atoms with van der Waals surface area (Å²) in [4.78, 5) is 15.6. The number of rotatable bonds is 4. The van der Waals surface area contributed by atoms with Crippen molar-refractivity contribution in [3.63, 3.8) is 0 Å². The molecule has 0 spiro atoms. The first-order valence-corrected chi connectivity index (χ1v) is 6.97. The summed E-state index contributed by atoms with van der Waals surface area (Å²) in [5.41, 5.74) is 2.16. The number of nitrogens with zero attached hydrogens (tertiary/aromatic N) is 1. The lowest BCUT2D eigenvalue weighted by molar-refractivity contribution is -0.0122. The lowest BCUT2D eigenvalue weighted by Gasteiger charge is -2.34. The number of carbonyl (C=O) groups is 1. The molecule has 1 amide bonds. The van der Waals surface area contributed by atoms with E-state index in [9.17, 15) is 4.79 Å². The second-order valence-corrected chi connectivity index (χ2v) is 5.52. The Morgan fingerprint density at radius 1 is 1.67 bits per heavy atom. The van der Waals surface area contributed by atoms with Crippen LogP contribution in [0.1, 0.15) is 27.9 Å². The number of hydrogen-bond donors (Lipinski definition) is 2. The van der Waals surface area contributed by atoms with Gasteiger partial charge < -0.3 is 4.74 Å². The van der Waals surface area contributed by atoms with E-state index in [-0.39, 0.29) is 5.91 Å². The van der Waals surface area contributed by atoms with Crippen molar-refractivity contribution >= 4 is 17.2 Å². The monoisotopic (exact) mass is 269 g/mol. The third-order valence-corrected chi connectivity index (χ3v) is 4.26. The largest absolute Gasteiger partial charge is 0.378 e. The number of amides is 1. The third-order valence-electron chi connectivity index (χ3n) is 3.20. The van der Waals surface area contributed by atoms with E-state index in [1.807, 2.05) is 12.1 Å². The topological polar surface area (TPSA) is 67.6 Å². The van der Waals surface area contributed by atoms with Crippen LogP contribution in [0.25, 0.3) is 0 Å². The van der Waals surface area contributed by atoms with Crippen molar-refractivity contribution in [3.05, 3.63) is 21.9 Å². The van der Waals surface area contributed by atoms with Crippen LogP contribution in [0.5, 0.6) is 0 Å². The molecular formula is C12H19N3O2S. The molecule has 1 unspecified atom stereocenters. The quantitative estimate of drug-likeness (QED) is 0.485. The van der Waals surface area contributed by atoms with Crippen LogP contribution in [0.4, 0.5) is 0 Å². The molecule has 1 atom stereocenters. The highest BCUT2D eigenvalue weighted by atomic mass is 32.1. The number of morpholine rings is 1. The molecule has 6 heteroatoms. The van der Waals surface area contributed by atoms with Crippen molar-refractivity contribution < 1.29 is 9.53 Å². The summed E-state index contributed by atoms with van der Waals surface area (Å²) >= 11 is 1.50. The van der Waals surface area contributed by atoms with Gasteiger partial charge >= 0.3 is 0 Å². The first-order chi connectivity index (χ1) is 8.74. The third kappa shape index (κ3) is 3.08. The second-order valence-electron chi connectivity index (χ2n) is 4.35. The van der Waals surface area contributed by atoms with Gasteiger partial charge in [-0.1, -0.05) is 6.92 Å². The number of nitrogen functional groups attached to an aromatic ring is 1. The molecule has 2 rings (SSSR count). The van der Waals surface area contributed by atoms with Gasteiger partial charge in [-0.05, 0) is 18.6 Å². The fourth-order valence-corrected chi connectivity index (χ4v) is 3.07. The fraction of sp³-hybridized carbons (Fsp3) is 0.583. The van der Waals surface area contributed by atoms with Gasteiger partial charge in [0.15, 0.2) is 0 Å². The van der Waals surface area contributed by atoms with Crippen LogP contribution in [0.15, 0.2) is 12.1 Å². The summed E-state index contributed by atoms with van der Waals surface area (Å²) in [6.07, 6.45) is 1.08. The summed E-state index contributed by atoms with van der Waals surface area (Å²) in [6.45, 7) is 5.60. The zero-order valence-electron chi connectivity index (χ0n) is 10.5. The molecular weight excluding hydrogens is 250 g/mol. The Morgan fingerprint density at radius 3 is 3.22 bits per heavy atom. The molecule has 100 valence electrons. The van der Waals surface area contributed by atoms with Crippen molar-refractivity contribution in [2.75, 3.05) is 19.8 Å². The van der Waals surface area contributed by atoms with Gasteiger partial charge in [0.05, 0.1) is 18.1 Å². The van der Waals surface area contributed by atoms with E-state index in [4.69, 9.17) is 10.6 Å². The van der Waals surface area contributed by atoms with Gasteiger partial charge in [-0.3, -0.25) is 15.1 Å². The molecule has 0 saturated carbocycles. The molecule has 2 heterocycles. The number of nitrogens with two attached hydrogens (primary N) is 1. The van der Waals surface area contributed by atoms with Crippen LogP contribution in [-0.4, -0.2) is 36.6 Å². The van der Waals surface area contributed by atoms with Crippen LogP contribution < -0.4 is 11.3 Å². The van der Waals surface area contributed by atoms with Crippen molar-refractivity contribution in [1.82, 2.24) is 10.3 Å². The maximum Gasteiger partial charge on any atom is 0.275 e. The fourth-order valence-electron chi connectivity index (χ4n) is 2.13. The molecule has 5 nitrogen and oxygen atoms in total. The highest BCUT2D eigenvalue weighted by Crippen LogP contribution is 2.21. The van der Waals surface area contributed by atoms with Gasteiger partial charge in [-0.2, -0.15) is 0 Å². The molecule has 1 aliphatic heterocycles. The highest BCUT2D eigenvalue weighted by molar-refractivity contribution is 7.14. The highest BCUT2D eigenvalue weighted by Gasteiger charge is 2.22. The van der Waals surface area contributed by atoms with Crippen LogP contribution in [0.3, 0.4) is 0 Å². The average molecular weight is 269 g/mol. The van der Waals surface area contributed by atoms with E-state index in [1.54, 1.807) is 0 Å². The number of ether oxygens (including phenoxy) is 1. The SMILES string of the molecule is CCC1COCCN1Cc1ccc(C(=O)NN)s1. The first-order valence-electron chi connectivity index (χ1n) is 6.16. The van der Waals surface area contributed by atoms with Crippen molar-refractivity contribution in [2.24, 2.45) is 5.84 Å². The predicted octanol–water partition coefficient (Wildman–Crippen LogP) is 0.962. The van der Waals surface area contributed by atoms with E-state index in [2.05, 4.69) is 17.2 Å². The Balaban J connectivity index is 1.99. The Labute approximate surface area is 111 Å². The van der Waals surface area contributed by atoms with E-state index in [0.717, 1.165) is 32.7 Å². The molecule has 1 aromatic heterocycles. The molecule has 0 aliphatic carbocycles. The van der Waals surface area contributed by atoms with E-state index in [0.29, 0.717) is 10.9 Å². The molecule has 0 aromatic carbocycles. The first kappa shape index (κ1) is 13.5. The van der Waals surface area contributed by atoms with Gasteiger partial charge in [0, 0.05) is 24.0 Å². The lowest BCUT2D eigenvalue weighted by Crippen LogP contribution is -2.44. The maximum absolute atomic E-state index is 11.4. The minimum atomic E-state index is -0.222. The van der Waals surface area contributed by atoms with Gasteiger partial charge in [-0.15, -0.1) is 11.3 Å². The number of hydrogen-bond acceptors (Lipinski definition) is 5. The van der Waals surface area contributed by atoms with E-state index in [1.165, 1.54) is 16.2 Å². The molecule has 0 bridgehead atoms. The average Bonchev–Trinajstić information content (AvgIpc) is 2.87. The minimum absolute atomic E-state index is 0.222. The van der Waals surface area contributed by atoms with Crippen molar-refractivity contribution in [3.8, 4) is 0 Å². The summed E-state index contributed by atoms with van der Waals surface area (Å²) in [6, 6.07) is 4.30. The zero-order valence-corrected chi connectivity index (χ0v) is 11.3. The molecule has 1 saturated heterocycles. The van der Waals surface area contributed by atoms with Crippen molar-refractivity contribution in [2.45, 2.75) is 25.9 Å². The summed E-state index contributed by atoms with van der Waals surface area (Å²) in [5.74, 6) is 4.90. The maximum atomic E-state index is 11.4. The number of nitrogens with one attached hydrogen (secondary N) is 1. The van der Waals surface area contributed by atoms with Crippen LogP contribution in [0, 0.1) is 0 Å². The minimum Gasteiger partial charge on any atom is -0.378 e. The normalized spacial score (nSPS) is 20.9. The van der Waals surface area contributed by atoms with Gasteiger partial charge in [0.25, 0.3) is 5.91 Å². The van der Waals surface area contributed by atoms with Gasteiger partial charge in [0.2, 0.25) is 0 Å². The van der Waals surface area contributed by atoms with Crippen LogP contribution in [-0.2, 0) is 11.3 Å². The zero-order chi connectivity index (χ0) is 13.0. The number of thiophene rings is 1. The summed E-state index contributed by atoms with van der Waals surface area (Å²) < 4.78 is 5.48.